The van der Waals surface area contributed by atoms with E-state index in [1.54, 1.807) is 0 Å². The average Bonchev–Trinajstić information content (AvgIpc) is 1.88. The molecule has 0 saturated heterocycles. The zero-order chi connectivity index (χ0) is 6.83. The predicted molar refractivity (Wildman–Crippen MR) is 39.3 cm³/mol. The van der Waals surface area contributed by atoms with Crippen LogP contribution < -0.4 is 5.73 Å². The van der Waals surface area contributed by atoms with Gasteiger partial charge in [0.25, 0.3) is 0 Å². The molecule has 0 fully saturated rings. The van der Waals surface area contributed by atoms with Gasteiger partial charge in [-0.15, -0.1) is 0 Å². The summed E-state index contributed by atoms with van der Waals surface area (Å²) in [4.78, 5) is 0. The van der Waals surface area contributed by atoms with E-state index >= 15 is 0 Å². The van der Waals surface area contributed by atoms with E-state index in [0.29, 0.717) is 6.54 Å². The van der Waals surface area contributed by atoms with Gasteiger partial charge in [-0.3, -0.25) is 0 Å². The Morgan fingerprint density at radius 3 is 1.44 bits per heavy atom. The third kappa shape index (κ3) is 48.2. The van der Waals surface area contributed by atoms with Crippen molar-refractivity contribution in [2.45, 2.75) is 26.2 Å². The van der Waals surface area contributed by atoms with E-state index in [1.165, 1.54) is 6.42 Å². The monoisotopic (exact) mass is 204 g/mol. The molecule has 0 aliphatic carbocycles. The largest absolute Gasteiger partial charge is 0.343 e. The summed E-state index contributed by atoms with van der Waals surface area (Å²) in [7, 11) is 0. The smallest absolute Gasteiger partial charge is 0 e. The molecule has 0 saturated carbocycles. The van der Waals surface area contributed by atoms with Crippen molar-refractivity contribution in [2.24, 2.45) is 5.73 Å². The van der Waals surface area contributed by atoms with Gasteiger partial charge >= 0.3 is 0 Å². The third-order valence-electron chi connectivity index (χ3n) is 0.558. The Labute approximate surface area is 84.7 Å². The van der Waals surface area contributed by atoms with E-state index in [9.17, 15) is 0 Å². The molecule has 0 unspecified atom stereocenters. The molecule has 0 rings (SSSR count). The maximum absolute atomic E-state index is 4.97. The molecule has 0 aliphatic rings. The number of nitrogens with two attached hydrogens (primary N) is 1. The van der Waals surface area contributed by atoms with Crippen LogP contribution in [-0.2, 0) is 32.7 Å². The zero-order valence-electron chi connectivity index (χ0n) is 6.40. The van der Waals surface area contributed by atoms with Gasteiger partial charge < -0.3 is 19.6 Å². The van der Waals surface area contributed by atoms with Crippen LogP contribution in [0.5, 0.6) is 0 Å². The fraction of sp³-hybridized carbons (Fsp3) is 0.714. The van der Waals surface area contributed by atoms with Gasteiger partial charge in [0.05, 0.1) is 0 Å². The van der Waals surface area contributed by atoms with E-state index in [1.807, 2.05) is 0 Å². The molecule has 0 amide bonds. The summed E-state index contributed by atoms with van der Waals surface area (Å²) in [6, 6.07) is 0. The van der Waals surface area contributed by atoms with Crippen LogP contribution in [-0.4, -0.2) is 6.54 Å². The molecule has 2 N–H and O–H groups in total. The van der Waals surface area contributed by atoms with Gasteiger partial charge in [-0.25, -0.2) is 0 Å². The molecule has 0 aliphatic heterocycles. The second-order valence-electron chi connectivity index (χ2n) is 1.50. The quantitative estimate of drug-likeness (QED) is 0.682. The minimum absolute atomic E-state index is 0. The van der Waals surface area contributed by atoms with Crippen LogP contribution >= 0.6 is 0 Å². The van der Waals surface area contributed by atoms with Crippen LogP contribution in [0, 0.1) is 13.8 Å². The molecule has 0 aromatic carbocycles. The van der Waals surface area contributed by atoms with Crippen LogP contribution in [0.4, 0.5) is 0 Å². The Hall–Kier alpha value is 1.06. The van der Waals surface area contributed by atoms with Gasteiger partial charge in [0.15, 0.2) is 0 Å². The summed E-state index contributed by atoms with van der Waals surface area (Å²) in [5.41, 5.74) is 4.97. The van der Waals surface area contributed by atoms with E-state index in [4.69, 9.17) is 5.73 Å². The Kier molecular flexibility index (Phi) is 42.3. The fourth-order valence-electron chi connectivity index (χ4n) is 0. The summed E-state index contributed by atoms with van der Waals surface area (Å²) in [5.74, 6) is 0. The minimum atomic E-state index is 0. The van der Waals surface area contributed by atoms with E-state index in [2.05, 4.69) is 20.8 Å². The summed E-state index contributed by atoms with van der Waals surface area (Å²) in [6.07, 6.45) is 3.12. The van der Waals surface area contributed by atoms with E-state index < -0.39 is 0 Å². The first-order valence-electron chi connectivity index (χ1n) is 3.12. The average molecular weight is 204 g/mol. The fourth-order valence-corrected chi connectivity index (χ4v) is 0. The first-order chi connectivity index (χ1) is 3.83. The maximum Gasteiger partial charge on any atom is 0 e. The van der Waals surface area contributed by atoms with Crippen molar-refractivity contribution in [1.29, 1.82) is 0 Å². The predicted octanol–water partition coefficient (Wildman–Crippen LogP) is 1.79. The molecule has 0 spiro atoms. The van der Waals surface area contributed by atoms with Crippen molar-refractivity contribution >= 4 is 0 Å². The van der Waals surface area contributed by atoms with Gasteiger partial charge in [0.2, 0.25) is 0 Å². The van der Waals surface area contributed by atoms with Crippen LogP contribution in [0.25, 0.3) is 0 Å². The number of hydrogen-bond acceptors (Lipinski definition) is 1. The second-order valence-corrected chi connectivity index (χ2v) is 1.50. The molecule has 2 heteroatoms. The molecule has 1 radical (unpaired) electrons. The van der Waals surface area contributed by atoms with Crippen LogP contribution in [0.15, 0.2) is 0 Å². The van der Waals surface area contributed by atoms with E-state index in [0.717, 1.165) is 12.8 Å². The summed E-state index contributed by atoms with van der Waals surface area (Å²) < 4.78 is 0. The number of rotatable bonds is 2. The Bertz CT molecular complexity index is 16.9. The topological polar surface area (TPSA) is 26.0 Å². The molecule has 9 heavy (non-hydrogen) atoms. The SMILES string of the molecule is [CH2-]CCC.[CH2-]CCN.[Y]. The first-order valence-corrected chi connectivity index (χ1v) is 3.12. The Morgan fingerprint density at radius 2 is 1.44 bits per heavy atom. The summed E-state index contributed by atoms with van der Waals surface area (Å²) in [6.45, 7) is 9.91. The van der Waals surface area contributed by atoms with Crippen molar-refractivity contribution in [3.8, 4) is 0 Å². The maximum atomic E-state index is 4.97. The zero-order valence-corrected chi connectivity index (χ0v) is 9.24. The van der Waals surface area contributed by atoms with Crippen molar-refractivity contribution in [3.63, 3.8) is 0 Å². The molecule has 0 aromatic heterocycles. The minimum Gasteiger partial charge on any atom is -0.343 e. The van der Waals surface area contributed by atoms with Crippen molar-refractivity contribution < 1.29 is 32.7 Å². The van der Waals surface area contributed by atoms with Crippen molar-refractivity contribution in [2.75, 3.05) is 6.54 Å². The van der Waals surface area contributed by atoms with Gasteiger partial charge in [-0.1, -0.05) is 13.3 Å². The van der Waals surface area contributed by atoms with Gasteiger partial charge in [0, 0.05) is 32.7 Å². The Balaban J connectivity index is -0.0000000720. The first kappa shape index (κ1) is 16.6. The van der Waals surface area contributed by atoms with Crippen LogP contribution in [0.1, 0.15) is 26.2 Å². The van der Waals surface area contributed by atoms with Crippen LogP contribution in [0.3, 0.4) is 0 Å². The van der Waals surface area contributed by atoms with E-state index in [-0.39, 0.29) is 32.7 Å². The summed E-state index contributed by atoms with van der Waals surface area (Å²) >= 11 is 0. The van der Waals surface area contributed by atoms with Crippen molar-refractivity contribution in [3.05, 3.63) is 13.8 Å². The molecule has 0 atom stereocenters. The molecule has 0 heterocycles. The van der Waals surface area contributed by atoms with Gasteiger partial charge in [0.1, 0.15) is 0 Å². The molecule has 0 bridgehead atoms. The Morgan fingerprint density at radius 1 is 1.22 bits per heavy atom. The van der Waals surface area contributed by atoms with Crippen molar-refractivity contribution in [1.82, 2.24) is 0 Å². The number of unbranched alkanes of at least 4 members (excludes halogenated alkanes) is 1. The second kappa shape index (κ2) is 23.0. The van der Waals surface area contributed by atoms with Gasteiger partial charge in [-0.2, -0.15) is 12.8 Å². The summed E-state index contributed by atoms with van der Waals surface area (Å²) in [5, 5.41) is 0. The molecule has 0 aromatic rings. The number of hydrogen-bond donors (Lipinski definition) is 1. The van der Waals surface area contributed by atoms with Crippen LogP contribution in [0.2, 0.25) is 0 Å². The normalized spacial score (nSPS) is 6.67. The van der Waals surface area contributed by atoms with Gasteiger partial charge in [-0.05, 0) is 6.54 Å². The molecule has 55 valence electrons. The molecule has 1 nitrogen and oxygen atoms in total. The standard InChI is InChI=1S/C4H9.C3H8N.Y/c1-3-4-2;1-2-3-4;/h1,3-4H2,2H3;1-4H2;/q2*-1;. The molecular formula is C7H17NY-2. The molecular weight excluding hydrogens is 187 g/mol. The third-order valence-corrected chi connectivity index (χ3v) is 0.558.